The van der Waals surface area contributed by atoms with Crippen molar-refractivity contribution < 1.29 is 14.2 Å². The zero-order valence-electron chi connectivity index (χ0n) is 19.2. The van der Waals surface area contributed by atoms with Crippen molar-refractivity contribution in [3.63, 3.8) is 0 Å². The Bertz CT molecular complexity index is 1370. The van der Waals surface area contributed by atoms with E-state index < -0.39 is 0 Å². The van der Waals surface area contributed by atoms with Crippen LogP contribution in [-0.2, 0) is 13.2 Å². The molecule has 0 unspecified atom stereocenters. The lowest BCUT2D eigenvalue weighted by atomic mass is 10.2. The monoisotopic (exact) mass is 530 g/mol. The fourth-order valence-electron chi connectivity index (χ4n) is 3.50. The maximum absolute atomic E-state index is 6.62. The summed E-state index contributed by atoms with van der Waals surface area (Å²) in [6.07, 6.45) is 0. The molecule has 182 valence electrons. The highest BCUT2D eigenvalue weighted by atomic mass is 35.5. The van der Waals surface area contributed by atoms with Gasteiger partial charge < -0.3 is 19.6 Å². The van der Waals surface area contributed by atoms with Crippen LogP contribution < -0.4 is 19.6 Å². The molecule has 2 N–H and O–H groups in total. The first kappa shape index (κ1) is 24.9. The molecule has 0 fully saturated rings. The van der Waals surface area contributed by atoms with Crippen LogP contribution >= 0.6 is 35.4 Å². The number of benzene rings is 3. The molecule has 3 aromatic carbocycles. The van der Waals surface area contributed by atoms with Gasteiger partial charge in [0, 0.05) is 16.1 Å². The van der Waals surface area contributed by atoms with Crippen molar-refractivity contribution in [2.45, 2.75) is 20.1 Å². The summed E-state index contributed by atoms with van der Waals surface area (Å²) in [6.45, 7) is 3.09. The van der Waals surface area contributed by atoms with E-state index in [1.807, 2.05) is 61.5 Å². The number of hydrogen-bond acceptors (Lipinski definition) is 6. The normalized spacial score (nSPS) is 10.7. The summed E-state index contributed by atoms with van der Waals surface area (Å²) in [7, 11) is 1.61. The summed E-state index contributed by atoms with van der Waals surface area (Å²) in [5, 5.41) is 8.37. The first-order valence-electron chi connectivity index (χ1n) is 10.9. The van der Waals surface area contributed by atoms with Crippen molar-refractivity contribution in [1.29, 1.82) is 0 Å². The lowest BCUT2D eigenvalue weighted by molar-refractivity contribution is 0.269. The van der Waals surface area contributed by atoms with Gasteiger partial charge in [-0.3, -0.25) is 0 Å². The number of methoxy groups -OCH3 is 1. The van der Waals surface area contributed by atoms with Crippen LogP contribution in [0.4, 0.5) is 0 Å². The Morgan fingerprint density at radius 1 is 1.00 bits per heavy atom. The van der Waals surface area contributed by atoms with Crippen LogP contribution in [-0.4, -0.2) is 28.6 Å². The van der Waals surface area contributed by atoms with Crippen LogP contribution in [0.1, 0.15) is 18.1 Å². The molecule has 0 atom stereocenters. The first-order chi connectivity index (χ1) is 17.0. The SMILES string of the molecule is CCOc1cc(CNn2c(-c3ccccc3OC)n[nH]c2=S)c(Cl)cc1OCc1cccc(Cl)c1. The molecule has 4 rings (SSSR count). The fraction of sp³-hybridized carbons (Fsp3) is 0.200. The number of para-hydroxylation sites is 1. The summed E-state index contributed by atoms with van der Waals surface area (Å²) in [6, 6.07) is 18.7. The number of rotatable bonds is 10. The van der Waals surface area contributed by atoms with Crippen molar-refractivity contribution in [2.75, 3.05) is 19.1 Å². The topological polar surface area (TPSA) is 73.3 Å². The molecule has 0 aliphatic rings. The number of nitrogens with zero attached hydrogens (tertiary/aromatic N) is 2. The largest absolute Gasteiger partial charge is 0.496 e. The van der Waals surface area contributed by atoms with E-state index in [1.165, 1.54) is 0 Å². The Balaban J connectivity index is 1.56. The molecule has 1 aromatic heterocycles. The number of aromatic amines is 1. The molecule has 0 aliphatic heterocycles. The van der Waals surface area contributed by atoms with E-state index in [0.29, 0.717) is 57.6 Å². The van der Waals surface area contributed by atoms with Crippen molar-refractivity contribution in [3.05, 3.63) is 86.6 Å². The van der Waals surface area contributed by atoms with Crippen LogP contribution in [0.15, 0.2) is 60.7 Å². The number of hydrogen-bond donors (Lipinski definition) is 2. The van der Waals surface area contributed by atoms with E-state index in [0.717, 1.165) is 16.7 Å². The summed E-state index contributed by atoms with van der Waals surface area (Å²) in [5.41, 5.74) is 5.83. The standard InChI is InChI=1S/C25H24Cl2N4O3S/c1-3-33-22-12-17(20(27)13-23(22)34-15-16-7-6-8-18(26)11-16)14-28-31-24(29-30-25(31)35)19-9-4-5-10-21(19)32-2/h4-13,28H,3,14-15H2,1-2H3,(H,30,35). The van der Waals surface area contributed by atoms with Gasteiger partial charge in [-0.15, -0.1) is 0 Å². The van der Waals surface area contributed by atoms with Crippen molar-refractivity contribution in [2.24, 2.45) is 0 Å². The maximum Gasteiger partial charge on any atom is 0.214 e. The molecule has 0 bridgehead atoms. The predicted octanol–water partition coefficient (Wildman–Crippen LogP) is 6.64. The molecule has 0 saturated heterocycles. The van der Waals surface area contributed by atoms with E-state index in [4.69, 9.17) is 49.6 Å². The molecule has 0 spiro atoms. The molecule has 7 nitrogen and oxygen atoms in total. The van der Waals surface area contributed by atoms with Gasteiger partial charge in [-0.05, 0) is 60.6 Å². The highest BCUT2D eigenvalue weighted by Gasteiger charge is 2.16. The second-order valence-electron chi connectivity index (χ2n) is 7.46. The average Bonchev–Trinajstić information content (AvgIpc) is 3.23. The minimum atomic E-state index is 0.334. The minimum Gasteiger partial charge on any atom is -0.496 e. The predicted molar refractivity (Wildman–Crippen MR) is 141 cm³/mol. The number of aromatic nitrogens is 3. The van der Waals surface area contributed by atoms with Gasteiger partial charge in [0.15, 0.2) is 17.3 Å². The summed E-state index contributed by atoms with van der Waals surface area (Å²) >= 11 is 18.1. The molecule has 0 radical (unpaired) electrons. The lowest BCUT2D eigenvalue weighted by Gasteiger charge is -2.16. The minimum absolute atomic E-state index is 0.334. The molecule has 0 aliphatic carbocycles. The van der Waals surface area contributed by atoms with Crippen LogP contribution in [0.3, 0.4) is 0 Å². The van der Waals surface area contributed by atoms with Crippen molar-refractivity contribution in [1.82, 2.24) is 14.9 Å². The number of ether oxygens (including phenoxy) is 3. The Hall–Kier alpha value is -3.20. The number of nitrogens with one attached hydrogen (secondary N) is 2. The Kier molecular flexibility index (Phi) is 8.17. The molecule has 35 heavy (non-hydrogen) atoms. The van der Waals surface area contributed by atoms with E-state index in [9.17, 15) is 0 Å². The maximum atomic E-state index is 6.62. The van der Waals surface area contributed by atoms with Gasteiger partial charge in [-0.2, -0.15) is 5.10 Å². The summed E-state index contributed by atoms with van der Waals surface area (Å²) < 4.78 is 19.4. The van der Waals surface area contributed by atoms with Crippen LogP contribution in [0, 0.1) is 4.77 Å². The zero-order valence-corrected chi connectivity index (χ0v) is 21.5. The van der Waals surface area contributed by atoms with Crippen molar-refractivity contribution >= 4 is 35.4 Å². The average molecular weight is 531 g/mol. The molecule has 10 heteroatoms. The van der Waals surface area contributed by atoms with Gasteiger partial charge in [-0.1, -0.05) is 47.5 Å². The molecule has 0 saturated carbocycles. The molecular weight excluding hydrogens is 507 g/mol. The third kappa shape index (κ3) is 5.90. The van der Waals surface area contributed by atoms with E-state index in [1.54, 1.807) is 17.9 Å². The van der Waals surface area contributed by atoms with Crippen LogP contribution in [0.5, 0.6) is 17.2 Å². The van der Waals surface area contributed by atoms with Gasteiger partial charge in [-0.25, -0.2) is 9.77 Å². The Morgan fingerprint density at radius 2 is 1.80 bits per heavy atom. The highest BCUT2D eigenvalue weighted by molar-refractivity contribution is 7.71. The van der Waals surface area contributed by atoms with Gasteiger partial charge in [0.2, 0.25) is 4.77 Å². The van der Waals surface area contributed by atoms with E-state index >= 15 is 0 Å². The van der Waals surface area contributed by atoms with Crippen molar-refractivity contribution in [3.8, 4) is 28.6 Å². The summed E-state index contributed by atoms with van der Waals surface area (Å²) in [4.78, 5) is 0. The van der Waals surface area contributed by atoms with E-state index in [-0.39, 0.29) is 0 Å². The Labute approximate surface area is 218 Å². The molecule has 1 heterocycles. The van der Waals surface area contributed by atoms with E-state index in [2.05, 4.69) is 15.6 Å². The second-order valence-corrected chi connectivity index (χ2v) is 8.70. The van der Waals surface area contributed by atoms with Gasteiger partial charge >= 0.3 is 0 Å². The third-order valence-corrected chi connectivity index (χ3v) is 6.00. The van der Waals surface area contributed by atoms with Gasteiger partial charge in [0.1, 0.15) is 12.4 Å². The summed E-state index contributed by atoms with van der Waals surface area (Å²) in [5.74, 6) is 2.42. The number of H-pyrrole nitrogens is 1. The van der Waals surface area contributed by atoms with Crippen LogP contribution in [0.25, 0.3) is 11.4 Å². The van der Waals surface area contributed by atoms with Gasteiger partial charge in [0.05, 0.1) is 25.8 Å². The lowest BCUT2D eigenvalue weighted by Crippen LogP contribution is -2.16. The molecular formula is C25H24Cl2N4O3S. The van der Waals surface area contributed by atoms with Crippen LogP contribution in [0.2, 0.25) is 10.0 Å². The zero-order chi connectivity index (χ0) is 24.8. The molecule has 4 aromatic rings. The first-order valence-corrected chi connectivity index (χ1v) is 12.0. The van der Waals surface area contributed by atoms with Gasteiger partial charge in [0.25, 0.3) is 0 Å². The smallest absolute Gasteiger partial charge is 0.214 e. The second kappa shape index (κ2) is 11.5. The quantitative estimate of drug-likeness (QED) is 0.224. The fourth-order valence-corrected chi connectivity index (χ4v) is 4.13. The number of halogens is 2. The molecule has 0 amide bonds. The Morgan fingerprint density at radius 3 is 2.57 bits per heavy atom. The highest BCUT2D eigenvalue weighted by Crippen LogP contribution is 2.35. The third-order valence-electron chi connectivity index (χ3n) is 5.14.